The minimum absolute atomic E-state index is 0.173. The number of carbonyl (C=O) groups excluding carboxylic acids is 1. The van der Waals surface area contributed by atoms with Crippen LogP contribution in [0.15, 0.2) is 72.8 Å². The molecule has 0 radical (unpaired) electrons. The average molecular weight is 477 g/mol. The molecule has 0 aliphatic heterocycles. The van der Waals surface area contributed by atoms with Gasteiger partial charge in [-0.05, 0) is 54.8 Å². The molecule has 1 heterocycles. The number of benzene rings is 3. The fourth-order valence-corrected chi connectivity index (χ4v) is 4.08. The molecule has 0 fully saturated rings. The highest BCUT2D eigenvalue weighted by Gasteiger charge is 2.21. The van der Waals surface area contributed by atoms with Gasteiger partial charge in [-0.25, -0.2) is 8.78 Å². The summed E-state index contributed by atoms with van der Waals surface area (Å²) in [6.45, 7) is 2.14. The summed E-state index contributed by atoms with van der Waals surface area (Å²) >= 11 is 0. The minimum atomic E-state index is -0.707. The Balaban J connectivity index is 1.61. The van der Waals surface area contributed by atoms with Gasteiger partial charge in [-0.1, -0.05) is 36.4 Å². The summed E-state index contributed by atoms with van der Waals surface area (Å²) in [6, 6.07) is 20.1. The molecule has 0 unspecified atom stereocenters. The Morgan fingerprint density at radius 2 is 1.66 bits per heavy atom. The standard InChI is InChI=1S/C28H26F2N2O3/c1-18-22(28(33)31-14-13-19-9-12-26(34-2)27(15-19)35-3)17-25(20-7-5-4-6-8-20)32(18)24-11-10-21(29)16-23(24)30/h4-12,15-17H,13-14H2,1-3H3,(H,31,33). The van der Waals surface area contributed by atoms with Crippen molar-refractivity contribution in [1.29, 1.82) is 0 Å². The van der Waals surface area contributed by atoms with E-state index in [1.807, 2.05) is 48.5 Å². The number of ether oxygens (including phenoxy) is 2. The van der Waals surface area contributed by atoms with Crippen molar-refractivity contribution in [1.82, 2.24) is 9.88 Å². The summed E-state index contributed by atoms with van der Waals surface area (Å²) in [6.07, 6.45) is 0.587. The van der Waals surface area contributed by atoms with E-state index in [0.29, 0.717) is 41.4 Å². The number of nitrogens with one attached hydrogen (secondary N) is 1. The number of hydrogen-bond donors (Lipinski definition) is 1. The Bertz CT molecular complexity index is 1350. The number of rotatable bonds is 8. The lowest BCUT2D eigenvalue weighted by atomic mass is 10.1. The molecule has 4 rings (SSSR count). The van der Waals surface area contributed by atoms with Gasteiger partial charge in [-0.3, -0.25) is 4.79 Å². The molecule has 1 amide bonds. The van der Waals surface area contributed by atoms with Crippen LogP contribution in [0.1, 0.15) is 21.6 Å². The maximum absolute atomic E-state index is 14.7. The predicted octanol–water partition coefficient (Wildman–Crippen LogP) is 5.72. The second-order valence-corrected chi connectivity index (χ2v) is 8.02. The van der Waals surface area contributed by atoms with E-state index < -0.39 is 11.6 Å². The molecule has 0 saturated heterocycles. The van der Waals surface area contributed by atoms with Crippen LogP contribution in [0.4, 0.5) is 8.78 Å². The van der Waals surface area contributed by atoms with E-state index in [1.54, 1.807) is 31.8 Å². The monoisotopic (exact) mass is 476 g/mol. The van der Waals surface area contributed by atoms with Crippen molar-refractivity contribution in [2.45, 2.75) is 13.3 Å². The van der Waals surface area contributed by atoms with E-state index in [1.165, 1.54) is 12.1 Å². The minimum Gasteiger partial charge on any atom is -0.493 e. The number of amides is 1. The Hall–Kier alpha value is -4.13. The van der Waals surface area contributed by atoms with E-state index in [4.69, 9.17) is 9.47 Å². The molecule has 0 saturated carbocycles. The Morgan fingerprint density at radius 1 is 0.914 bits per heavy atom. The summed E-state index contributed by atoms with van der Waals surface area (Å²) in [5.74, 6) is -0.384. The Kier molecular flexibility index (Phi) is 7.15. The van der Waals surface area contributed by atoms with E-state index >= 15 is 0 Å². The van der Waals surface area contributed by atoms with Crippen molar-refractivity contribution in [2.75, 3.05) is 20.8 Å². The summed E-state index contributed by atoms with van der Waals surface area (Å²) in [5.41, 5.74) is 3.57. The first-order chi connectivity index (χ1) is 16.9. The zero-order valence-electron chi connectivity index (χ0n) is 19.8. The SMILES string of the molecule is COc1ccc(CCNC(=O)c2cc(-c3ccccc3)n(-c3ccc(F)cc3F)c2C)cc1OC. The second-order valence-electron chi connectivity index (χ2n) is 8.02. The molecule has 0 aliphatic carbocycles. The first-order valence-corrected chi connectivity index (χ1v) is 11.1. The number of aromatic nitrogens is 1. The van der Waals surface area contributed by atoms with E-state index in [2.05, 4.69) is 5.32 Å². The first-order valence-electron chi connectivity index (χ1n) is 11.1. The third-order valence-electron chi connectivity index (χ3n) is 5.86. The van der Waals surface area contributed by atoms with Crippen molar-refractivity contribution in [2.24, 2.45) is 0 Å². The van der Waals surface area contributed by atoms with Crippen molar-refractivity contribution < 1.29 is 23.0 Å². The second kappa shape index (κ2) is 10.4. The summed E-state index contributed by atoms with van der Waals surface area (Å²) < 4.78 is 40.6. The fraction of sp³-hybridized carbons (Fsp3) is 0.179. The Labute approximate surface area is 202 Å². The van der Waals surface area contributed by atoms with Crippen molar-refractivity contribution in [3.8, 4) is 28.4 Å². The molecular weight excluding hydrogens is 450 g/mol. The Morgan fingerprint density at radius 3 is 2.34 bits per heavy atom. The highest BCUT2D eigenvalue weighted by atomic mass is 19.1. The zero-order chi connectivity index (χ0) is 24.9. The van der Waals surface area contributed by atoms with Crippen LogP contribution in [0.25, 0.3) is 16.9 Å². The van der Waals surface area contributed by atoms with Gasteiger partial charge in [0.1, 0.15) is 11.6 Å². The fourth-order valence-electron chi connectivity index (χ4n) is 4.08. The van der Waals surface area contributed by atoms with E-state index in [9.17, 15) is 13.6 Å². The lowest BCUT2D eigenvalue weighted by Crippen LogP contribution is -2.26. The van der Waals surface area contributed by atoms with Crippen molar-refractivity contribution in [3.63, 3.8) is 0 Å². The molecule has 0 atom stereocenters. The van der Waals surface area contributed by atoms with Gasteiger partial charge >= 0.3 is 0 Å². The predicted molar refractivity (Wildman–Crippen MR) is 131 cm³/mol. The van der Waals surface area contributed by atoms with Crippen LogP contribution in [0, 0.1) is 18.6 Å². The van der Waals surface area contributed by atoms with Crippen molar-refractivity contribution in [3.05, 3.63) is 101 Å². The quantitative estimate of drug-likeness (QED) is 0.354. The van der Waals surface area contributed by atoms with Gasteiger partial charge in [0, 0.05) is 18.3 Å². The topological polar surface area (TPSA) is 52.5 Å². The van der Waals surface area contributed by atoms with Crippen LogP contribution in [0.3, 0.4) is 0 Å². The van der Waals surface area contributed by atoms with Crippen LogP contribution in [-0.4, -0.2) is 31.2 Å². The van der Waals surface area contributed by atoms with Crippen molar-refractivity contribution >= 4 is 5.91 Å². The summed E-state index contributed by atoms with van der Waals surface area (Å²) in [7, 11) is 3.15. The summed E-state index contributed by atoms with van der Waals surface area (Å²) in [5, 5.41) is 2.94. The maximum atomic E-state index is 14.7. The van der Waals surface area contributed by atoms with Gasteiger partial charge in [-0.15, -0.1) is 0 Å². The highest BCUT2D eigenvalue weighted by Crippen LogP contribution is 2.31. The normalized spacial score (nSPS) is 10.8. The van der Waals surface area contributed by atoms with Gasteiger partial charge in [0.25, 0.3) is 5.91 Å². The number of carbonyl (C=O) groups is 1. The number of nitrogens with zero attached hydrogens (tertiary/aromatic N) is 1. The molecule has 4 aromatic rings. The lowest BCUT2D eigenvalue weighted by Gasteiger charge is -2.13. The maximum Gasteiger partial charge on any atom is 0.253 e. The molecule has 0 spiro atoms. The lowest BCUT2D eigenvalue weighted by molar-refractivity contribution is 0.0953. The van der Waals surface area contributed by atoms with Crippen LogP contribution in [0.2, 0.25) is 0 Å². The third-order valence-corrected chi connectivity index (χ3v) is 5.86. The molecule has 7 heteroatoms. The molecule has 3 aromatic carbocycles. The molecular formula is C28H26F2N2O3. The van der Waals surface area contributed by atoms with Gasteiger partial charge in [0.05, 0.1) is 31.2 Å². The molecule has 0 aliphatic rings. The number of halogens is 2. The van der Waals surface area contributed by atoms with Crippen LogP contribution < -0.4 is 14.8 Å². The first kappa shape index (κ1) is 24.0. The molecule has 180 valence electrons. The van der Waals surface area contributed by atoms with E-state index in [0.717, 1.165) is 17.2 Å². The summed E-state index contributed by atoms with van der Waals surface area (Å²) in [4.78, 5) is 13.1. The zero-order valence-corrected chi connectivity index (χ0v) is 19.8. The molecule has 0 bridgehead atoms. The van der Waals surface area contributed by atoms with E-state index in [-0.39, 0.29) is 11.6 Å². The van der Waals surface area contributed by atoms with Gasteiger partial charge in [0.2, 0.25) is 0 Å². The molecule has 35 heavy (non-hydrogen) atoms. The molecule has 1 aromatic heterocycles. The van der Waals surface area contributed by atoms with Gasteiger partial charge in [0.15, 0.2) is 11.5 Å². The largest absolute Gasteiger partial charge is 0.493 e. The van der Waals surface area contributed by atoms with Crippen LogP contribution >= 0.6 is 0 Å². The smallest absolute Gasteiger partial charge is 0.253 e. The average Bonchev–Trinajstić information content (AvgIpc) is 3.21. The van der Waals surface area contributed by atoms with Crippen LogP contribution in [0.5, 0.6) is 11.5 Å². The third kappa shape index (κ3) is 5.04. The highest BCUT2D eigenvalue weighted by molar-refractivity contribution is 5.97. The number of hydrogen-bond acceptors (Lipinski definition) is 3. The number of methoxy groups -OCH3 is 2. The van der Waals surface area contributed by atoms with Gasteiger partial charge < -0.3 is 19.4 Å². The van der Waals surface area contributed by atoms with Gasteiger partial charge in [-0.2, -0.15) is 0 Å². The van der Waals surface area contributed by atoms with Crippen LogP contribution in [-0.2, 0) is 6.42 Å². The molecule has 5 nitrogen and oxygen atoms in total. The molecule has 1 N–H and O–H groups in total.